The van der Waals surface area contributed by atoms with Crippen molar-refractivity contribution in [3.05, 3.63) is 81.9 Å². The lowest BCUT2D eigenvalue weighted by atomic mass is 9.94. The Morgan fingerprint density at radius 2 is 1.71 bits per heavy atom. The molecule has 1 saturated heterocycles. The molecular weight excluding hydrogens is 368 g/mol. The monoisotopic (exact) mass is 392 g/mol. The van der Waals surface area contributed by atoms with E-state index in [1.54, 1.807) is 0 Å². The van der Waals surface area contributed by atoms with Crippen molar-refractivity contribution in [1.29, 1.82) is 0 Å². The Morgan fingerprint density at radius 1 is 1.00 bits per heavy atom. The molecule has 0 saturated carbocycles. The molecule has 5 heteroatoms. The summed E-state index contributed by atoms with van der Waals surface area (Å²) < 4.78 is 0. The zero-order valence-electron chi connectivity index (χ0n) is 16.4. The van der Waals surface area contributed by atoms with Crippen molar-refractivity contribution in [3.8, 4) is 0 Å². The second-order valence-corrected chi connectivity index (χ2v) is 8.07. The normalized spacial score (nSPS) is 17.0. The zero-order valence-corrected chi connectivity index (χ0v) is 17.2. The number of nitrogens with zero attached hydrogens (tertiary/aromatic N) is 4. The number of aryl methyl sites for hydroxylation is 2. The van der Waals surface area contributed by atoms with Crippen molar-refractivity contribution < 1.29 is 0 Å². The van der Waals surface area contributed by atoms with Crippen LogP contribution in [0.1, 0.15) is 47.0 Å². The molecule has 2 aromatic heterocycles. The first-order valence-corrected chi connectivity index (χ1v) is 10.2. The van der Waals surface area contributed by atoms with Gasteiger partial charge in [-0.3, -0.25) is 4.98 Å². The Hall–Kier alpha value is -2.46. The summed E-state index contributed by atoms with van der Waals surface area (Å²) in [5.74, 6) is 1.27. The van der Waals surface area contributed by atoms with Crippen LogP contribution in [-0.2, 0) is 6.42 Å². The first-order chi connectivity index (χ1) is 13.6. The summed E-state index contributed by atoms with van der Waals surface area (Å²) in [6, 6.07) is 14.4. The van der Waals surface area contributed by atoms with E-state index in [-0.39, 0.29) is 0 Å². The number of hydrogen-bond acceptors (Lipinski definition) is 4. The summed E-state index contributed by atoms with van der Waals surface area (Å²) in [4.78, 5) is 16.4. The fraction of sp³-hybridized carbons (Fsp3) is 0.348. The molecule has 0 unspecified atom stereocenters. The molecule has 1 fully saturated rings. The highest BCUT2D eigenvalue weighted by molar-refractivity contribution is 6.30. The van der Waals surface area contributed by atoms with Gasteiger partial charge in [-0.25, -0.2) is 9.97 Å². The highest BCUT2D eigenvalue weighted by Crippen LogP contribution is 2.28. The van der Waals surface area contributed by atoms with E-state index in [0.29, 0.717) is 5.92 Å². The minimum Gasteiger partial charge on any atom is -0.340 e. The van der Waals surface area contributed by atoms with Crippen molar-refractivity contribution in [2.24, 2.45) is 0 Å². The Morgan fingerprint density at radius 3 is 2.39 bits per heavy atom. The minimum absolute atomic E-state index is 0.419. The number of aromatic nitrogens is 3. The number of benzene rings is 1. The summed E-state index contributed by atoms with van der Waals surface area (Å²) in [7, 11) is 0. The summed E-state index contributed by atoms with van der Waals surface area (Å²) in [6.07, 6.45) is 5.17. The van der Waals surface area contributed by atoms with Gasteiger partial charge in [0.2, 0.25) is 5.95 Å². The molecule has 0 aliphatic carbocycles. The van der Waals surface area contributed by atoms with Crippen molar-refractivity contribution in [2.45, 2.75) is 39.0 Å². The van der Waals surface area contributed by atoms with Gasteiger partial charge in [-0.1, -0.05) is 29.8 Å². The van der Waals surface area contributed by atoms with E-state index >= 15 is 0 Å². The molecule has 0 bridgehead atoms. The molecule has 0 N–H and O–H groups in total. The van der Waals surface area contributed by atoms with Gasteiger partial charge in [0.1, 0.15) is 0 Å². The lowest BCUT2D eigenvalue weighted by molar-refractivity contribution is 0.494. The van der Waals surface area contributed by atoms with E-state index in [1.807, 2.05) is 38.2 Å². The van der Waals surface area contributed by atoms with Gasteiger partial charge in [0.05, 0.1) is 0 Å². The molecule has 28 heavy (non-hydrogen) atoms. The van der Waals surface area contributed by atoms with Crippen LogP contribution in [0.3, 0.4) is 0 Å². The largest absolute Gasteiger partial charge is 0.340 e. The average molecular weight is 393 g/mol. The maximum Gasteiger partial charge on any atom is 0.225 e. The Bertz CT molecular complexity index is 918. The van der Waals surface area contributed by atoms with Crippen LogP contribution in [0.25, 0.3) is 0 Å². The van der Waals surface area contributed by atoms with Gasteiger partial charge < -0.3 is 4.90 Å². The van der Waals surface area contributed by atoms with E-state index < -0.39 is 0 Å². The number of piperidine rings is 1. The van der Waals surface area contributed by atoms with Gasteiger partial charge in [0, 0.05) is 47.3 Å². The van der Waals surface area contributed by atoms with Crippen LogP contribution in [-0.4, -0.2) is 28.0 Å². The summed E-state index contributed by atoms with van der Waals surface area (Å²) in [5.41, 5.74) is 5.67. The first kappa shape index (κ1) is 18.9. The molecular formula is C23H25ClN4. The molecule has 1 atom stereocenters. The third kappa shape index (κ3) is 4.50. The quantitative estimate of drug-likeness (QED) is 0.618. The molecule has 4 nitrogen and oxygen atoms in total. The van der Waals surface area contributed by atoms with Crippen LogP contribution in [0.2, 0.25) is 5.02 Å². The SMILES string of the molecule is Cc1cc(C)nc(N2CCC[C@H](c3ccc(Cc4ccc(Cl)cc4)cn3)C2)n1. The highest BCUT2D eigenvalue weighted by atomic mass is 35.5. The van der Waals surface area contributed by atoms with Crippen LogP contribution in [0.15, 0.2) is 48.7 Å². The predicted octanol–water partition coefficient (Wildman–Crippen LogP) is 5.12. The molecule has 3 heterocycles. The molecule has 0 amide bonds. The van der Waals surface area contributed by atoms with Crippen LogP contribution < -0.4 is 4.90 Å². The summed E-state index contributed by atoms with van der Waals surface area (Å²) in [5, 5.41) is 0.770. The van der Waals surface area contributed by atoms with Crippen LogP contribution in [0, 0.1) is 13.8 Å². The lowest BCUT2D eigenvalue weighted by Crippen LogP contribution is -2.36. The maximum absolute atomic E-state index is 5.97. The molecule has 0 radical (unpaired) electrons. The topological polar surface area (TPSA) is 41.9 Å². The van der Waals surface area contributed by atoms with Gasteiger partial charge >= 0.3 is 0 Å². The van der Waals surface area contributed by atoms with Crippen LogP contribution >= 0.6 is 11.6 Å². The van der Waals surface area contributed by atoms with Gasteiger partial charge in [-0.05, 0) is 68.5 Å². The van der Waals surface area contributed by atoms with Crippen LogP contribution in [0.5, 0.6) is 0 Å². The van der Waals surface area contributed by atoms with Gasteiger partial charge in [0.25, 0.3) is 0 Å². The fourth-order valence-electron chi connectivity index (χ4n) is 3.87. The van der Waals surface area contributed by atoms with E-state index in [4.69, 9.17) is 16.6 Å². The van der Waals surface area contributed by atoms with Crippen molar-refractivity contribution in [2.75, 3.05) is 18.0 Å². The average Bonchev–Trinajstić information content (AvgIpc) is 2.70. The van der Waals surface area contributed by atoms with Gasteiger partial charge in [-0.2, -0.15) is 0 Å². The second kappa shape index (κ2) is 8.27. The molecule has 0 spiro atoms. The minimum atomic E-state index is 0.419. The Balaban J connectivity index is 1.45. The first-order valence-electron chi connectivity index (χ1n) is 9.83. The van der Waals surface area contributed by atoms with Gasteiger partial charge in [-0.15, -0.1) is 0 Å². The number of halogens is 1. The van der Waals surface area contributed by atoms with E-state index in [0.717, 1.165) is 60.4 Å². The number of pyridine rings is 1. The third-order valence-corrected chi connectivity index (χ3v) is 5.51. The maximum atomic E-state index is 5.97. The van der Waals surface area contributed by atoms with Gasteiger partial charge in [0.15, 0.2) is 0 Å². The molecule has 3 aromatic rings. The Kier molecular flexibility index (Phi) is 5.58. The fourth-order valence-corrected chi connectivity index (χ4v) is 3.99. The van der Waals surface area contributed by atoms with Crippen molar-refractivity contribution in [3.63, 3.8) is 0 Å². The third-order valence-electron chi connectivity index (χ3n) is 5.26. The molecule has 4 rings (SSSR count). The molecule has 1 aromatic carbocycles. The number of hydrogen-bond donors (Lipinski definition) is 0. The van der Waals surface area contributed by atoms with E-state index in [1.165, 1.54) is 11.1 Å². The molecule has 1 aliphatic rings. The van der Waals surface area contributed by atoms with Crippen molar-refractivity contribution in [1.82, 2.24) is 15.0 Å². The van der Waals surface area contributed by atoms with E-state index in [2.05, 4.69) is 39.1 Å². The predicted molar refractivity (Wildman–Crippen MR) is 114 cm³/mol. The second-order valence-electron chi connectivity index (χ2n) is 7.63. The number of rotatable bonds is 4. The highest BCUT2D eigenvalue weighted by Gasteiger charge is 2.24. The standard InChI is InChI=1S/C23H25ClN4/c1-16-12-17(2)27-23(26-16)28-11-3-4-20(15-28)22-10-7-19(14-25-22)13-18-5-8-21(24)9-6-18/h5-10,12,14,20H,3-4,11,13,15H2,1-2H3/t20-/m0/s1. The zero-order chi connectivity index (χ0) is 19.5. The smallest absolute Gasteiger partial charge is 0.225 e. The Labute approximate surface area is 171 Å². The van der Waals surface area contributed by atoms with Crippen molar-refractivity contribution >= 4 is 17.5 Å². The summed E-state index contributed by atoms with van der Waals surface area (Å²) in [6.45, 7) is 5.99. The lowest BCUT2D eigenvalue weighted by Gasteiger charge is -2.32. The molecule has 1 aliphatic heterocycles. The van der Waals surface area contributed by atoms with E-state index in [9.17, 15) is 0 Å². The number of anilines is 1. The molecule has 144 valence electrons. The summed E-state index contributed by atoms with van der Waals surface area (Å²) >= 11 is 5.97. The van der Waals surface area contributed by atoms with Crippen LogP contribution in [0.4, 0.5) is 5.95 Å².